The van der Waals surface area contributed by atoms with Gasteiger partial charge in [-0.3, -0.25) is 4.79 Å². The van der Waals surface area contributed by atoms with E-state index in [0.717, 1.165) is 12.3 Å². The third-order valence-corrected chi connectivity index (χ3v) is 2.59. The van der Waals surface area contributed by atoms with Crippen LogP contribution in [0.5, 0.6) is 0 Å². The summed E-state index contributed by atoms with van der Waals surface area (Å²) in [5, 5.41) is 8.54. The molecule has 0 radical (unpaired) electrons. The van der Waals surface area contributed by atoms with Crippen LogP contribution in [0.15, 0.2) is 0 Å². The molecule has 0 amide bonds. The Hall–Kier alpha value is -0.570. The summed E-state index contributed by atoms with van der Waals surface area (Å²) in [6, 6.07) is 0.483. The van der Waals surface area contributed by atoms with E-state index >= 15 is 0 Å². The number of aliphatic carboxylic acids is 1. The molecule has 3 nitrogen and oxygen atoms in total. The van der Waals surface area contributed by atoms with Crippen LogP contribution >= 0.6 is 0 Å². The van der Waals surface area contributed by atoms with Crippen molar-refractivity contribution < 1.29 is 9.90 Å². The molecule has 1 atom stereocenters. The average Bonchev–Trinajstić information content (AvgIpc) is 2.09. The first kappa shape index (κ1) is 13.4. The minimum Gasteiger partial charge on any atom is -0.481 e. The van der Waals surface area contributed by atoms with Gasteiger partial charge in [0.15, 0.2) is 0 Å². The molecule has 14 heavy (non-hydrogen) atoms. The summed E-state index contributed by atoms with van der Waals surface area (Å²) in [6.07, 6.45) is 2.59. The van der Waals surface area contributed by atoms with Gasteiger partial charge in [-0.2, -0.15) is 0 Å². The Bertz CT molecular complexity index is 169. The van der Waals surface area contributed by atoms with E-state index in [2.05, 4.69) is 25.7 Å². The van der Waals surface area contributed by atoms with E-state index < -0.39 is 5.97 Å². The Morgan fingerprint density at radius 2 is 1.86 bits per heavy atom. The van der Waals surface area contributed by atoms with Crippen LogP contribution in [0.1, 0.15) is 40.0 Å². The molecule has 0 spiro atoms. The number of carbonyl (C=O) groups is 1. The van der Waals surface area contributed by atoms with Crippen LogP contribution in [0, 0.1) is 5.92 Å². The smallest absolute Gasteiger partial charge is 0.304 e. The monoisotopic (exact) mass is 201 g/mol. The van der Waals surface area contributed by atoms with Gasteiger partial charge >= 0.3 is 5.97 Å². The first-order valence-electron chi connectivity index (χ1n) is 5.35. The molecule has 3 heteroatoms. The topological polar surface area (TPSA) is 40.5 Å². The van der Waals surface area contributed by atoms with Crippen molar-refractivity contribution >= 4 is 5.97 Å². The van der Waals surface area contributed by atoms with Crippen molar-refractivity contribution in [2.75, 3.05) is 13.6 Å². The Morgan fingerprint density at radius 3 is 2.29 bits per heavy atom. The third kappa shape index (κ3) is 6.89. The van der Waals surface area contributed by atoms with E-state index in [4.69, 9.17) is 5.11 Å². The van der Waals surface area contributed by atoms with Crippen molar-refractivity contribution in [2.45, 2.75) is 46.1 Å². The maximum absolute atomic E-state index is 10.4. The molecule has 0 aliphatic carbocycles. The second kappa shape index (κ2) is 6.82. The van der Waals surface area contributed by atoms with Gasteiger partial charge in [-0.05, 0) is 32.7 Å². The van der Waals surface area contributed by atoms with Gasteiger partial charge < -0.3 is 10.0 Å². The molecule has 0 fully saturated rings. The average molecular weight is 201 g/mol. The lowest BCUT2D eigenvalue weighted by Gasteiger charge is -2.24. The molecule has 0 aromatic heterocycles. The Labute approximate surface area is 87.1 Å². The summed E-state index contributed by atoms with van der Waals surface area (Å²) >= 11 is 0. The number of carboxylic acid groups (broad SMARTS) is 1. The minimum atomic E-state index is -0.715. The fraction of sp³-hybridized carbons (Fsp3) is 0.909. The fourth-order valence-corrected chi connectivity index (χ4v) is 1.29. The maximum Gasteiger partial charge on any atom is 0.304 e. The summed E-state index contributed by atoms with van der Waals surface area (Å²) in [7, 11) is 1.99. The predicted octanol–water partition coefficient (Wildman–Crippen LogP) is 2.22. The van der Waals surface area contributed by atoms with Crippen molar-refractivity contribution in [3.8, 4) is 0 Å². The molecule has 84 valence electrons. The third-order valence-electron chi connectivity index (χ3n) is 2.59. The molecule has 0 saturated heterocycles. The van der Waals surface area contributed by atoms with Gasteiger partial charge in [0, 0.05) is 12.6 Å². The first-order chi connectivity index (χ1) is 6.43. The Kier molecular flexibility index (Phi) is 6.54. The normalized spacial score (nSPS) is 13.6. The molecule has 0 heterocycles. The number of rotatable bonds is 7. The van der Waals surface area contributed by atoms with Crippen LogP contribution in [0.2, 0.25) is 0 Å². The van der Waals surface area contributed by atoms with E-state index in [9.17, 15) is 4.79 Å². The maximum atomic E-state index is 10.4. The predicted molar refractivity (Wildman–Crippen MR) is 58.4 cm³/mol. The van der Waals surface area contributed by atoms with Crippen molar-refractivity contribution in [1.29, 1.82) is 0 Å². The van der Waals surface area contributed by atoms with E-state index in [0.29, 0.717) is 12.6 Å². The summed E-state index contributed by atoms with van der Waals surface area (Å²) in [4.78, 5) is 12.5. The zero-order valence-electron chi connectivity index (χ0n) is 9.79. The zero-order valence-corrected chi connectivity index (χ0v) is 9.79. The summed E-state index contributed by atoms with van der Waals surface area (Å²) in [5.41, 5.74) is 0. The minimum absolute atomic E-state index is 0.239. The van der Waals surface area contributed by atoms with E-state index in [1.807, 2.05) is 7.05 Å². The van der Waals surface area contributed by atoms with Gasteiger partial charge in [0.05, 0.1) is 6.42 Å². The molecule has 0 aromatic rings. The molecule has 0 aliphatic rings. The van der Waals surface area contributed by atoms with Crippen LogP contribution in [0.25, 0.3) is 0 Å². The van der Waals surface area contributed by atoms with Gasteiger partial charge in [-0.15, -0.1) is 0 Å². The van der Waals surface area contributed by atoms with Crippen molar-refractivity contribution in [3.05, 3.63) is 0 Å². The van der Waals surface area contributed by atoms with Crippen molar-refractivity contribution in [2.24, 2.45) is 5.92 Å². The van der Waals surface area contributed by atoms with E-state index in [1.54, 1.807) is 0 Å². The molecule has 0 aromatic carbocycles. The lowest BCUT2D eigenvalue weighted by atomic mass is 10.0. The number of carboxylic acids is 1. The first-order valence-corrected chi connectivity index (χ1v) is 5.35. The van der Waals surface area contributed by atoms with Gasteiger partial charge in [0.25, 0.3) is 0 Å². The Morgan fingerprint density at radius 1 is 1.29 bits per heavy atom. The molecule has 0 rings (SSSR count). The second-order valence-electron chi connectivity index (χ2n) is 4.44. The highest BCUT2D eigenvalue weighted by Gasteiger charge is 2.10. The lowest BCUT2D eigenvalue weighted by molar-refractivity contribution is -0.137. The number of hydrogen-bond donors (Lipinski definition) is 1. The van der Waals surface area contributed by atoms with Gasteiger partial charge in [-0.1, -0.05) is 13.8 Å². The van der Waals surface area contributed by atoms with E-state index in [-0.39, 0.29) is 6.42 Å². The fourth-order valence-electron chi connectivity index (χ4n) is 1.29. The quantitative estimate of drug-likeness (QED) is 0.686. The second-order valence-corrected chi connectivity index (χ2v) is 4.44. The standard InChI is InChI=1S/C11H23NO2/c1-9(2)5-6-10(3)12(4)8-7-11(13)14/h9-10H,5-8H2,1-4H3,(H,13,14). The van der Waals surface area contributed by atoms with Crippen molar-refractivity contribution in [1.82, 2.24) is 4.90 Å². The molecule has 0 saturated carbocycles. The molecular weight excluding hydrogens is 178 g/mol. The van der Waals surface area contributed by atoms with Crippen LogP contribution in [-0.2, 0) is 4.79 Å². The number of nitrogens with zero attached hydrogens (tertiary/aromatic N) is 1. The molecule has 0 bridgehead atoms. The Balaban J connectivity index is 3.64. The highest BCUT2D eigenvalue weighted by Crippen LogP contribution is 2.10. The zero-order chi connectivity index (χ0) is 11.1. The van der Waals surface area contributed by atoms with Crippen LogP contribution < -0.4 is 0 Å². The largest absolute Gasteiger partial charge is 0.481 e. The molecule has 1 N–H and O–H groups in total. The lowest BCUT2D eigenvalue weighted by Crippen LogP contribution is -2.31. The van der Waals surface area contributed by atoms with Crippen LogP contribution in [-0.4, -0.2) is 35.6 Å². The summed E-state index contributed by atoms with van der Waals surface area (Å²) < 4.78 is 0. The van der Waals surface area contributed by atoms with Crippen molar-refractivity contribution in [3.63, 3.8) is 0 Å². The van der Waals surface area contributed by atoms with Gasteiger partial charge in [0.2, 0.25) is 0 Å². The van der Waals surface area contributed by atoms with Gasteiger partial charge in [-0.25, -0.2) is 0 Å². The summed E-state index contributed by atoms with van der Waals surface area (Å²) in [6.45, 7) is 7.23. The van der Waals surface area contributed by atoms with Crippen LogP contribution in [0.3, 0.4) is 0 Å². The number of hydrogen-bond acceptors (Lipinski definition) is 2. The molecule has 0 aliphatic heterocycles. The molecule has 1 unspecified atom stereocenters. The highest BCUT2D eigenvalue weighted by molar-refractivity contribution is 5.66. The van der Waals surface area contributed by atoms with Crippen LogP contribution in [0.4, 0.5) is 0 Å². The highest BCUT2D eigenvalue weighted by atomic mass is 16.4. The summed E-state index contributed by atoms with van der Waals surface area (Å²) in [5.74, 6) is 0.0123. The SMILES string of the molecule is CC(C)CCC(C)N(C)CCC(=O)O. The van der Waals surface area contributed by atoms with E-state index in [1.165, 1.54) is 6.42 Å². The molecular formula is C11H23NO2. The van der Waals surface area contributed by atoms with Gasteiger partial charge in [0.1, 0.15) is 0 Å².